The monoisotopic (exact) mass is 288 g/mol. The van der Waals surface area contributed by atoms with E-state index in [0.29, 0.717) is 18.4 Å². The number of hydrogen-bond acceptors (Lipinski definition) is 4. The first-order valence-corrected chi connectivity index (χ1v) is 6.82. The minimum atomic E-state index is -0.714. The number of benzene rings is 1. The van der Waals surface area contributed by atoms with E-state index in [1.165, 1.54) is 7.11 Å². The molecule has 1 N–H and O–H groups in total. The predicted molar refractivity (Wildman–Crippen MR) is 78.3 cm³/mol. The van der Waals surface area contributed by atoms with Crippen molar-refractivity contribution >= 4 is 11.9 Å². The van der Waals surface area contributed by atoms with Gasteiger partial charge in [-0.3, -0.25) is 4.79 Å². The molecule has 1 amide bonds. The number of nitrogens with zero attached hydrogens (tertiary/aromatic N) is 1. The number of amides is 1. The highest BCUT2D eigenvalue weighted by atomic mass is 16.5. The summed E-state index contributed by atoms with van der Waals surface area (Å²) in [5, 5.41) is 11.5. The summed E-state index contributed by atoms with van der Waals surface area (Å²) in [5.74, 6) is -0.427. The van der Waals surface area contributed by atoms with Crippen molar-refractivity contribution in [3.8, 4) is 6.07 Å². The SMILES string of the molecule is COC(=O)[C@@H](Cc1ccc(C#N)cc1)NC(=O)CC(C)C. The lowest BCUT2D eigenvalue weighted by Gasteiger charge is -2.17. The van der Waals surface area contributed by atoms with Crippen LogP contribution in [-0.2, 0) is 20.7 Å². The summed E-state index contributed by atoms with van der Waals surface area (Å²) in [6.07, 6.45) is 0.698. The minimum Gasteiger partial charge on any atom is -0.467 e. The first-order valence-electron chi connectivity index (χ1n) is 6.82. The Kier molecular flexibility index (Phi) is 6.41. The molecule has 0 fully saturated rings. The molecular formula is C16H20N2O3. The van der Waals surface area contributed by atoms with Crippen LogP contribution in [0.15, 0.2) is 24.3 Å². The van der Waals surface area contributed by atoms with Gasteiger partial charge in [-0.25, -0.2) is 4.79 Å². The summed E-state index contributed by atoms with van der Waals surface area (Å²) >= 11 is 0. The molecule has 0 radical (unpaired) electrons. The smallest absolute Gasteiger partial charge is 0.328 e. The van der Waals surface area contributed by atoms with E-state index in [9.17, 15) is 9.59 Å². The fourth-order valence-corrected chi connectivity index (χ4v) is 1.91. The maximum atomic E-state index is 11.8. The van der Waals surface area contributed by atoms with E-state index in [2.05, 4.69) is 5.32 Å². The highest BCUT2D eigenvalue weighted by molar-refractivity contribution is 5.84. The van der Waals surface area contributed by atoms with Gasteiger partial charge in [0.1, 0.15) is 6.04 Å². The van der Waals surface area contributed by atoms with Crippen LogP contribution in [-0.4, -0.2) is 25.0 Å². The highest BCUT2D eigenvalue weighted by Crippen LogP contribution is 2.08. The van der Waals surface area contributed by atoms with Crippen molar-refractivity contribution < 1.29 is 14.3 Å². The summed E-state index contributed by atoms with van der Waals surface area (Å²) in [7, 11) is 1.29. The third-order valence-electron chi connectivity index (χ3n) is 2.94. The number of rotatable bonds is 6. The molecule has 5 nitrogen and oxygen atoms in total. The second-order valence-electron chi connectivity index (χ2n) is 5.25. The number of hydrogen-bond donors (Lipinski definition) is 1. The zero-order valence-corrected chi connectivity index (χ0v) is 12.6. The van der Waals surface area contributed by atoms with Crippen LogP contribution in [0.1, 0.15) is 31.4 Å². The lowest BCUT2D eigenvalue weighted by atomic mass is 10.0. The van der Waals surface area contributed by atoms with Crippen LogP contribution in [0, 0.1) is 17.2 Å². The molecule has 0 aliphatic heterocycles. The maximum absolute atomic E-state index is 11.8. The Morgan fingerprint density at radius 3 is 2.38 bits per heavy atom. The Bertz CT molecular complexity index is 529. The van der Waals surface area contributed by atoms with Crippen molar-refractivity contribution in [3.05, 3.63) is 35.4 Å². The molecule has 0 spiro atoms. The number of methoxy groups -OCH3 is 1. The highest BCUT2D eigenvalue weighted by Gasteiger charge is 2.22. The van der Waals surface area contributed by atoms with E-state index in [-0.39, 0.29) is 11.8 Å². The first kappa shape index (κ1) is 16.7. The molecular weight excluding hydrogens is 268 g/mol. The second kappa shape index (κ2) is 8.05. The van der Waals surface area contributed by atoms with E-state index in [0.717, 1.165) is 5.56 Å². The van der Waals surface area contributed by atoms with Crippen molar-refractivity contribution in [2.45, 2.75) is 32.7 Å². The number of carbonyl (C=O) groups is 2. The largest absolute Gasteiger partial charge is 0.467 e. The van der Waals surface area contributed by atoms with Crippen LogP contribution >= 0.6 is 0 Å². The van der Waals surface area contributed by atoms with Gasteiger partial charge in [0, 0.05) is 12.8 Å². The van der Waals surface area contributed by atoms with Gasteiger partial charge in [0.05, 0.1) is 18.7 Å². The molecule has 21 heavy (non-hydrogen) atoms. The third kappa shape index (κ3) is 5.65. The summed E-state index contributed by atoms with van der Waals surface area (Å²) in [6.45, 7) is 3.88. The van der Waals surface area contributed by atoms with Crippen LogP contribution in [0.25, 0.3) is 0 Å². The molecule has 0 heterocycles. The number of carbonyl (C=O) groups excluding carboxylic acids is 2. The Hall–Kier alpha value is -2.35. The van der Waals surface area contributed by atoms with Gasteiger partial charge in [0.2, 0.25) is 5.91 Å². The lowest BCUT2D eigenvalue weighted by Crippen LogP contribution is -2.43. The summed E-state index contributed by atoms with van der Waals surface area (Å²) in [5.41, 5.74) is 1.41. The third-order valence-corrected chi connectivity index (χ3v) is 2.94. The number of nitrogens with one attached hydrogen (secondary N) is 1. The fourth-order valence-electron chi connectivity index (χ4n) is 1.91. The van der Waals surface area contributed by atoms with E-state index in [4.69, 9.17) is 10.00 Å². The standard InChI is InChI=1S/C16H20N2O3/c1-11(2)8-15(19)18-14(16(20)21-3)9-12-4-6-13(10-17)7-5-12/h4-7,11,14H,8-9H2,1-3H3,(H,18,19)/t14-/m1/s1. The molecule has 5 heteroatoms. The fraction of sp³-hybridized carbons (Fsp3) is 0.438. The van der Waals surface area contributed by atoms with Gasteiger partial charge < -0.3 is 10.1 Å². The van der Waals surface area contributed by atoms with Gasteiger partial charge in [0.15, 0.2) is 0 Å². The molecule has 0 aliphatic rings. The molecule has 1 atom stereocenters. The van der Waals surface area contributed by atoms with Crippen molar-refractivity contribution in [1.82, 2.24) is 5.32 Å². The molecule has 112 valence electrons. The Morgan fingerprint density at radius 1 is 1.29 bits per heavy atom. The van der Waals surface area contributed by atoms with Crippen LogP contribution in [0.2, 0.25) is 0 Å². The Balaban J connectivity index is 2.76. The van der Waals surface area contributed by atoms with E-state index >= 15 is 0 Å². The molecule has 0 unspecified atom stereocenters. The van der Waals surface area contributed by atoms with Crippen molar-refractivity contribution in [3.63, 3.8) is 0 Å². The van der Waals surface area contributed by atoms with Crippen LogP contribution in [0.4, 0.5) is 0 Å². The summed E-state index contributed by atoms with van der Waals surface area (Å²) < 4.78 is 4.73. The van der Waals surface area contributed by atoms with Crippen LogP contribution < -0.4 is 5.32 Å². The van der Waals surface area contributed by atoms with Crippen molar-refractivity contribution in [2.24, 2.45) is 5.92 Å². The maximum Gasteiger partial charge on any atom is 0.328 e. The van der Waals surface area contributed by atoms with Crippen LogP contribution in [0.5, 0.6) is 0 Å². The van der Waals surface area contributed by atoms with Crippen LogP contribution in [0.3, 0.4) is 0 Å². The van der Waals surface area contributed by atoms with Crippen molar-refractivity contribution in [1.29, 1.82) is 5.26 Å². The normalized spacial score (nSPS) is 11.6. The molecule has 0 bridgehead atoms. The lowest BCUT2D eigenvalue weighted by molar-refractivity contribution is -0.145. The molecule has 1 rings (SSSR count). The average Bonchev–Trinajstić information content (AvgIpc) is 2.45. The molecule has 0 saturated heterocycles. The Morgan fingerprint density at radius 2 is 1.90 bits per heavy atom. The van der Waals surface area contributed by atoms with Gasteiger partial charge >= 0.3 is 5.97 Å². The molecule has 0 aromatic heterocycles. The van der Waals surface area contributed by atoms with Gasteiger partial charge in [-0.05, 0) is 23.6 Å². The topological polar surface area (TPSA) is 79.2 Å². The molecule has 0 saturated carbocycles. The summed E-state index contributed by atoms with van der Waals surface area (Å²) in [6, 6.07) is 8.21. The minimum absolute atomic E-state index is 0.172. The van der Waals surface area contributed by atoms with Gasteiger partial charge in [-0.1, -0.05) is 26.0 Å². The van der Waals surface area contributed by atoms with Gasteiger partial charge in [-0.2, -0.15) is 5.26 Å². The number of nitriles is 1. The van der Waals surface area contributed by atoms with E-state index < -0.39 is 12.0 Å². The van der Waals surface area contributed by atoms with Gasteiger partial charge in [-0.15, -0.1) is 0 Å². The van der Waals surface area contributed by atoms with Gasteiger partial charge in [0.25, 0.3) is 0 Å². The zero-order valence-electron chi connectivity index (χ0n) is 12.6. The molecule has 0 aliphatic carbocycles. The Labute approximate surface area is 124 Å². The van der Waals surface area contributed by atoms with E-state index in [1.54, 1.807) is 24.3 Å². The zero-order chi connectivity index (χ0) is 15.8. The number of ether oxygens (including phenoxy) is 1. The average molecular weight is 288 g/mol. The summed E-state index contributed by atoms with van der Waals surface area (Å²) in [4.78, 5) is 23.6. The quantitative estimate of drug-likeness (QED) is 0.810. The number of esters is 1. The predicted octanol–water partition coefficient (Wildman–Crippen LogP) is 1.80. The molecule has 1 aromatic rings. The second-order valence-corrected chi connectivity index (χ2v) is 5.25. The molecule has 1 aromatic carbocycles. The van der Waals surface area contributed by atoms with E-state index in [1.807, 2.05) is 19.9 Å². The first-order chi connectivity index (χ1) is 9.96. The van der Waals surface area contributed by atoms with Crippen molar-refractivity contribution in [2.75, 3.05) is 7.11 Å².